The molecule has 2 aromatic carbocycles. The fraction of sp³-hybridized carbons (Fsp3) is 0.294. The van der Waals surface area contributed by atoms with Gasteiger partial charge in [0.05, 0.1) is 0 Å². The number of fused-ring (bicyclic) bond motifs is 1. The van der Waals surface area contributed by atoms with Crippen molar-refractivity contribution in [2.24, 2.45) is 0 Å². The Morgan fingerprint density at radius 2 is 2.10 bits per heavy atom. The molecule has 0 aromatic heterocycles. The van der Waals surface area contributed by atoms with Gasteiger partial charge < -0.3 is 5.32 Å². The number of likely N-dealkylation sites (N-methyl/N-ethyl adjacent to an activating group) is 1. The topological polar surface area (TPSA) is 12.0 Å². The first-order valence-electron chi connectivity index (χ1n) is 6.88. The van der Waals surface area contributed by atoms with E-state index in [0.717, 1.165) is 12.0 Å². The van der Waals surface area contributed by atoms with Crippen LogP contribution in [0, 0.1) is 5.82 Å². The first kappa shape index (κ1) is 13.6. The van der Waals surface area contributed by atoms with E-state index in [1.165, 1.54) is 17.2 Å². The van der Waals surface area contributed by atoms with Crippen LogP contribution in [0.4, 0.5) is 4.39 Å². The minimum absolute atomic E-state index is 0.217. The van der Waals surface area contributed by atoms with Gasteiger partial charge in [-0.2, -0.15) is 0 Å². The van der Waals surface area contributed by atoms with E-state index < -0.39 is 0 Å². The van der Waals surface area contributed by atoms with Crippen molar-refractivity contribution < 1.29 is 4.39 Å². The molecule has 3 heteroatoms. The highest BCUT2D eigenvalue weighted by Crippen LogP contribution is 2.38. The van der Waals surface area contributed by atoms with E-state index in [2.05, 4.69) is 29.6 Å². The Morgan fingerprint density at radius 1 is 1.30 bits per heavy atom. The van der Waals surface area contributed by atoms with E-state index in [4.69, 9.17) is 11.6 Å². The van der Waals surface area contributed by atoms with Gasteiger partial charge in [0.15, 0.2) is 0 Å². The Labute approximate surface area is 123 Å². The van der Waals surface area contributed by atoms with Gasteiger partial charge in [0.2, 0.25) is 0 Å². The molecule has 0 aliphatic heterocycles. The quantitative estimate of drug-likeness (QED) is 0.899. The van der Waals surface area contributed by atoms with E-state index >= 15 is 0 Å². The highest BCUT2D eigenvalue weighted by Gasteiger charge is 2.32. The van der Waals surface area contributed by atoms with Gasteiger partial charge >= 0.3 is 0 Å². The summed E-state index contributed by atoms with van der Waals surface area (Å²) in [5, 5.41) is 3.78. The third kappa shape index (κ3) is 2.46. The van der Waals surface area contributed by atoms with Gasteiger partial charge in [0.1, 0.15) is 5.82 Å². The van der Waals surface area contributed by atoms with Gasteiger partial charge in [-0.3, -0.25) is 0 Å². The smallest absolute Gasteiger partial charge is 0.127 e. The summed E-state index contributed by atoms with van der Waals surface area (Å²) in [6.45, 7) is 0. The predicted molar refractivity (Wildman–Crippen MR) is 80.8 cm³/mol. The van der Waals surface area contributed by atoms with Crippen molar-refractivity contribution in [1.29, 1.82) is 0 Å². The zero-order chi connectivity index (χ0) is 14.1. The summed E-state index contributed by atoms with van der Waals surface area (Å²) in [6, 6.07) is 13.7. The van der Waals surface area contributed by atoms with E-state index in [9.17, 15) is 4.39 Å². The summed E-state index contributed by atoms with van der Waals surface area (Å²) in [4.78, 5) is 0. The Kier molecular flexibility index (Phi) is 3.77. The molecule has 2 unspecified atom stereocenters. The predicted octanol–water partition coefficient (Wildman–Crippen LogP) is 3.95. The van der Waals surface area contributed by atoms with Crippen molar-refractivity contribution in [2.75, 3.05) is 7.05 Å². The van der Waals surface area contributed by atoms with Gasteiger partial charge in [-0.25, -0.2) is 4.39 Å². The minimum atomic E-state index is -0.217. The molecule has 0 amide bonds. The third-order valence-electron chi connectivity index (χ3n) is 4.21. The van der Waals surface area contributed by atoms with Crippen LogP contribution in [-0.2, 0) is 12.8 Å². The van der Waals surface area contributed by atoms with Gasteiger partial charge in [-0.05, 0) is 48.7 Å². The Balaban J connectivity index is 1.79. The van der Waals surface area contributed by atoms with Crippen molar-refractivity contribution in [1.82, 2.24) is 5.32 Å². The number of hydrogen-bond donors (Lipinski definition) is 1. The number of hydrogen-bond acceptors (Lipinski definition) is 1. The molecule has 0 saturated carbocycles. The van der Waals surface area contributed by atoms with Crippen molar-refractivity contribution in [2.45, 2.75) is 24.8 Å². The van der Waals surface area contributed by atoms with Crippen LogP contribution in [0.1, 0.15) is 22.6 Å². The summed E-state index contributed by atoms with van der Waals surface area (Å²) in [5.74, 6) is 0.247. The summed E-state index contributed by atoms with van der Waals surface area (Å²) in [5.41, 5.74) is 3.52. The highest BCUT2D eigenvalue weighted by molar-refractivity contribution is 6.30. The fourth-order valence-corrected chi connectivity index (χ4v) is 3.19. The lowest BCUT2D eigenvalue weighted by Crippen LogP contribution is -2.39. The largest absolute Gasteiger partial charge is 0.316 e. The second-order valence-corrected chi connectivity index (χ2v) is 5.78. The monoisotopic (exact) mass is 289 g/mol. The Hall–Kier alpha value is -1.38. The molecule has 1 aliphatic rings. The SMILES string of the molecule is CNC(Cc1ccc(Cl)cc1F)C1Cc2ccccc21. The second kappa shape index (κ2) is 5.55. The Bertz CT molecular complexity index is 626. The zero-order valence-electron chi connectivity index (χ0n) is 11.4. The van der Waals surface area contributed by atoms with Gasteiger partial charge in [-0.1, -0.05) is 41.9 Å². The molecule has 0 heterocycles. The Morgan fingerprint density at radius 3 is 2.80 bits per heavy atom. The van der Waals surface area contributed by atoms with Gasteiger partial charge in [-0.15, -0.1) is 0 Å². The summed E-state index contributed by atoms with van der Waals surface area (Å²) in [7, 11) is 1.94. The molecular weight excluding hydrogens is 273 g/mol. The molecule has 3 rings (SSSR count). The third-order valence-corrected chi connectivity index (χ3v) is 4.44. The van der Waals surface area contributed by atoms with E-state index in [1.807, 2.05) is 7.05 Å². The normalized spacial score (nSPS) is 18.2. The molecule has 1 aliphatic carbocycles. The lowest BCUT2D eigenvalue weighted by molar-refractivity contribution is 0.417. The van der Waals surface area contributed by atoms with Gasteiger partial charge in [0.25, 0.3) is 0 Å². The van der Waals surface area contributed by atoms with Crippen LogP contribution in [0.3, 0.4) is 0 Å². The van der Waals surface area contributed by atoms with Crippen LogP contribution < -0.4 is 5.32 Å². The summed E-state index contributed by atoms with van der Waals surface area (Å²) >= 11 is 5.80. The maximum absolute atomic E-state index is 13.9. The summed E-state index contributed by atoms with van der Waals surface area (Å²) in [6.07, 6.45) is 1.75. The number of halogens is 2. The van der Waals surface area contributed by atoms with Crippen LogP contribution >= 0.6 is 11.6 Å². The highest BCUT2D eigenvalue weighted by atomic mass is 35.5. The van der Waals surface area contributed by atoms with Crippen molar-refractivity contribution in [3.63, 3.8) is 0 Å². The number of nitrogens with one attached hydrogen (secondary N) is 1. The van der Waals surface area contributed by atoms with Crippen LogP contribution in [0.15, 0.2) is 42.5 Å². The molecule has 0 bridgehead atoms. The standard InChI is InChI=1S/C17H17ClFN/c1-20-17(9-12-6-7-13(18)10-16(12)19)15-8-11-4-2-3-5-14(11)15/h2-7,10,15,17,20H,8-9H2,1H3. The zero-order valence-corrected chi connectivity index (χ0v) is 12.1. The molecule has 1 nitrogen and oxygen atoms in total. The molecule has 2 atom stereocenters. The summed E-state index contributed by atoms with van der Waals surface area (Å²) < 4.78 is 13.9. The fourth-order valence-electron chi connectivity index (χ4n) is 3.03. The molecule has 0 fully saturated rings. The van der Waals surface area contributed by atoms with Crippen molar-refractivity contribution in [3.05, 3.63) is 70.0 Å². The molecule has 0 spiro atoms. The molecule has 2 aromatic rings. The average molecular weight is 290 g/mol. The first-order chi connectivity index (χ1) is 9.69. The second-order valence-electron chi connectivity index (χ2n) is 5.34. The van der Waals surface area contributed by atoms with Crippen LogP contribution in [0.2, 0.25) is 5.02 Å². The lowest BCUT2D eigenvalue weighted by atomic mass is 9.72. The number of benzene rings is 2. The minimum Gasteiger partial charge on any atom is -0.316 e. The molecule has 104 valence electrons. The first-order valence-corrected chi connectivity index (χ1v) is 7.26. The van der Waals surface area contributed by atoms with Crippen molar-refractivity contribution >= 4 is 11.6 Å². The van der Waals surface area contributed by atoms with Crippen LogP contribution in [0.5, 0.6) is 0 Å². The van der Waals surface area contributed by atoms with Crippen LogP contribution in [0.25, 0.3) is 0 Å². The molecule has 1 N–H and O–H groups in total. The maximum atomic E-state index is 13.9. The van der Waals surface area contributed by atoms with E-state index in [1.54, 1.807) is 12.1 Å². The van der Waals surface area contributed by atoms with Crippen LogP contribution in [-0.4, -0.2) is 13.1 Å². The van der Waals surface area contributed by atoms with Crippen molar-refractivity contribution in [3.8, 4) is 0 Å². The lowest BCUT2D eigenvalue weighted by Gasteiger charge is -2.36. The number of rotatable bonds is 4. The molecular formula is C17H17ClFN. The molecule has 0 saturated heterocycles. The molecule has 0 radical (unpaired) electrons. The van der Waals surface area contributed by atoms with Gasteiger partial charge in [0, 0.05) is 17.0 Å². The molecule has 20 heavy (non-hydrogen) atoms. The maximum Gasteiger partial charge on any atom is 0.127 e. The van der Waals surface area contributed by atoms with E-state index in [0.29, 0.717) is 17.4 Å². The average Bonchev–Trinajstić information content (AvgIpc) is 2.41. The van der Waals surface area contributed by atoms with E-state index in [-0.39, 0.29) is 11.9 Å².